The zero-order chi connectivity index (χ0) is 21.5. The van der Waals surface area contributed by atoms with Crippen molar-refractivity contribution in [3.05, 3.63) is 71.5 Å². The number of amides is 1. The van der Waals surface area contributed by atoms with Crippen LogP contribution in [0.15, 0.2) is 59.8 Å². The summed E-state index contributed by atoms with van der Waals surface area (Å²) in [5.41, 5.74) is 2.46. The molecule has 4 rings (SSSR count). The molecule has 1 N–H and O–H groups in total. The Bertz CT molecular complexity index is 984. The van der Waals surface area contributed by atoms with E-state index >= 15 is 0 Å². The first kappa shape index (κ1) is 21.4. The van der Waals surface area contributed by atoms with Crippen LogP contribution in [0, 0.1) is 12.8 Å². The number of H-pyrrole nitrogens is 1. The van der Waals surface area contributed by atoms with Gasteiger partial charge in [0.15, 0.2) is 5.82 Å². The molecule has 0 bridgehead atoms. The highest BCUT2D eigenvalue weighted by molar-refractivity contribution is 7.99. The number of hydrogen-bond acceptors (Lipinski definition) is 5. The Morgan fingerprint density at radius 1 is 1.13 bits per heavy atom. The van der Waals surface area contributed by atoms with Crippen molar-refractivity contribution in [1.82, 2.24) is 20.1 Å². The number of ether oxygens (including phenoxy) is 1. The lowest BCUT2D eigenvalue weighted by molar-refractivity contribution is -0.129. The number of nitrogens with zero attached hydrogens (tertiary/aromatic N) is 3. The highest BCUT2D eigenvalue weighted by atomic mass is 32.2. The van der Waals surface area contributed by atoms with E-state index < -0.39 is 0 Å². The van der Waals surface area contributed by atoms with Crippen molar-refractivity contribution in [2.75, 3.05) is 18.8 Å². The molecule has 2 aromatic carbocycles. The molecular weight excluding hydrogens is 408 g/mol. The number of carbonyl (C=O) groups excluding carboxylic acids is 1. The van der Waals surface area contributed by atoms with E-state index in [-0.39, 0.29) is 5.91 Å². The summed E-state index contributed by atoms with van der Waals surface area (Å²) in [6, 6.07) is 18.5. The zero-order valence-corrected chi connectivity index (χ0v) is 18.6. The summed E-state index contributed by atoms with van der Waals surface area (Å²) in [6.07, 6.45) is 3.22. The van der Waals surface area contributed by atoms with Gasteiger partial charge in [0.1, 0.15) is 12.4 Å². The summed E-state index contributed by atoms with van der Waals surface area (Å²) >= 11 is 1.37. The number of rotatable bonds is 8. The highest BCUT2D eigenvalue weighted by Gasteiger charge is 2.23. The topological polar surface area (TPSA) is 71.1 Å². The Hall–Kier alpha value is -2.80. The van der Waals surface area contributed by atoms with Gasteiger partial charge in [0, 0.05) is 13.1 Å². The number of hydrogen-bond donors (Lipinski definition) is 1. The van der Waals surface area contributed by atoms with Crippen molar-refractivity contribution >= 4 is 17.7 Å². The van der Waals surface area contributed by atoms with Crippen LogP contribution >= 0.6 is 11.8 Å². The fraction of sp³-hybridized carbons (Fsp3) is 0.375. The van der Waals surface area contributed by atoms with E-state index in [0.29, 0.717) is 29.3 Å². The van der Waals surface area contributed by atoms with Gasteiger partial charge < -0.3 is 9.64 Å². The third-order valence-corrected chi connectivity index (χ3v) is 6.46. The predicted molar refractivity (Wildman–Crippen MR) is 122 cm³/mol. The molecule has 0 aliphatic carbocycles. The van der Waals surface area contributed by atoms with Crippen LogP contribution in [0.5, 0.6) is 5.75 Å². The van der Waals surface area contributed by atoms with Crippen LogP contribution in [0.2, 0.25) is 0 Å². The molecule has 1 aliphatic heterocycles. The molecule has 0 atom stereocenters. The summed E-state index contributed by atoms with van der Waals surface area (Å²) in [5, 5.41) is 7.68. The van der Waals surface area contributed by atoms with Crippen LogP contribution in [-0.2, 0) is 17.8 Å². The van der Waals surface area contributed by atoms with Gasteiger partial charge >= 0.3 is 0 Å². The third kappa shape index (κ3) is 6.10. The lowest BCUT2D eigenvalue weighted by Gasteiger charge is -2.32. The molecule has 1 aromatic heterocycles. The van der Waals surface area contributed by atoms with Crippen LogP contribution in [0.1, 0.15) is 29.8 Å². The minimum Gasteiger partial charge on any atom is -0.485 e. The Morgan fingerprint density at radius 2 is 1.87 bits per heavy atom. The molecule has 0 saturated carbocycles. The number of piperidine rings is 1. The van der Waals surface area contributed by atoms with Crippen molar-refractivity contribution in [2.24, 2.45) is 5.92 Å². The molecule has 0 spiro atoms. The molecule has 162 valence electrons. The van der Waals surface area contributed by atoms with E-state index in [1.807, 2.05) is 36.1 Å². The van der Waals surface area contributed by atoms with Crippen LogP contribution in [-0.4, -0.2) is 44.8 Å². The standard InChI is InChI=1S/C24H28N4O2S/c1-18-7-5-6-10-21(18)30-16-22-25-24(27-26-22)31-17-23(29)28-13-11-20(12-14-28)15-19-8-3-2-4-9-19/h2-10,20H,11-17H2,1H3,(H,25,26,27). The van der Waals surface area contributed by atoms with Crippen molar-refractivity contribution in [3.8, 4) is 5.75 Å². The molecule has 1 saturated heterocycles. The number of aromatic amines is 1. The fourth-order valence-corrected chi connectivity index (χ4v) is 4.54. The normalized spacial score (nSPS) is 14.5. The zero-order valence-electron chi connectivity index (χ0n) is 17.8. The number of nitrogens with one attached hydrogen (secondary N) is 1. The van der Waals surface area contributed by atoms with Crippen molar-refractivity contribution in [3.63, 3.8) is 0 Å². The second kappa shape index (κ2) is 10.5. The average molecular weight is 437 g/mol. The van der Waals surface area contributed by atoms with Gasteiger partial charge in [-0.15, -0.1) is 5.10 Å². The van der Waals surface area contributed by atoms with Gasteiger partial charge in [-0.05, 0) is 49.3 Å². The number of aromatic nitrogens is 3. The van der Waals surface area contributed by atoms with Gasteiger partial charge in [-0.25, -0.2) is 4.98 Å². The van der Waals surface area contributed by atoms with E-state index in [2.05, 4.69) is 45.5 Å². The SMILES string of the molecule is Cc1ccccc1OCc1nc(SCC(=O)N2CCC(Cc3ccccc3)CC2)n[nH]1. The molecule has 31 heavy (non-hydrogen) atoms. The predicted octanol–water partition coefficient (Wildman–Crippen LogP) is 4.27. The summed E-state index contributed by atoms with van der Waals surface area (Å²) in [6.45, 7) is 4.00. The molecule has 7 heteroatoms. The van der Waals surface area contributed by atoms with E-state index in [4.69, 9.17) is 4.74 Å². The number of aryl methyl sites for hydroxylation is 1. The molecule has 1 amide bonds. The Balaban J connectivity index is 1.19. The molecule has 0 unspecified atom stereocenters. The number of thioether (sulfide) groups is 1. The van der Waals surface area contributed by atoms with E-state index in [1.165, 1.54) is 17.3 Å². The van der Waals surface area contributed by atoms with Gasteiger partial charge in [-0.3, -0.25) is 9.89 Å². The lowest BCUT2D eigenvalue weighted by Crippen LogP contribution is -2.39. The maximum Gasteiger partial charge on any atom is 0.233 e. The number of carbonyl (C=O) groups is 1. The maximum absolute atomic E-state index is 12.6. The van der Waals surface area contributed by atoms with Crippen molar-refractivity contribution in [1.29, 1.82) is 0 Å². The van der Waals surface area contributed by atoms with Crippen molar-refractivity contribution < 1.29 is 9.53 Å². The highest BCUT2D eigenvalue weighted by Crippen LogP contribution is 2.23. The molecule has 3 aromatic rings. The molecule has 1 fully saturated rings. The Morgan fingerprint density at radius 3 is 2.65 bits per heavy atom. The van der Waals surface area contributed by atoms with Crippen LogP contribution in [0.25, 0.3) is 0 Å². The maximum atomic E-state index is 12.6. The summed E-state index contributed by atoms with van der Waals surface area (Å²) in [4.78, 5) is 19.0. The first-order chi connectivity index (χ1) is 15.2. The smallest absolute Gasteiger partial charge is 0.233 e. The number of likely N-dealkylation sites (tertiary alicyclic amines) is 1. The van der Waals surface area contributed by atoms with Gasteiger partial charge in [-0.1, -0.05) is 60.3 Å². The summed E-state index contributed by atoms with van der Waals surface area (Å²) in [7, 11) is 0. The largest absolute Gasteiger partial charge is 0.485 e. The van der Waals surface area contributed by atoms with Crippen molar-refractivity contribution in [2.45, 2.75) is 37.9 Å². The van der Waals surface area contributed by atoms with E-state index in [0.717, 1.165) is 43.7 Å². The van der Waals surface area contributed by atoms with E-state index in [1.54, 1.807) is 0 Å². The number of benzene rings is 2. The van der Waals surface area contributed by atoms with E-state index in [9.17, 15) is 4.79 Å². The first-order valence-electron chi connectivity index (χ1n) is 10.7. The van der Waals surface area contributed by atoms with Crippen LogP contribution in [0.4, 0.5) is 0 Å². The minimum atomic E-state index is 0.158. The van der Waals surface area contributed by atoms with Crippen LogP contribution < -0.4 is 4.74 Å². The fourth-order valence-electron chi connectivity index (χ4n) is 3.82. The Kier molecular flexibility index (Phi) is 7.25. The Labute approximate surface area is 187 Å². The third-order valence-electron chi connectivity index (χ3n) is 5.63. The average Bonchev–Trinajstić information content (AvgIpc) is 3.26. The monoisotopic (exact) mass is 436 g/mol. The summed E-state index contributed by atoms with van der Waals surface area (Å²) in [5.74, 6) is 2.66. The second-order valence-corrected chi connectivity index (χ2v) is 8.86. The van der Waals surface area contributed by atoms with Crippen LogP contribution in [0.3, 0.4) is 0 Å². The van der Waals surface area contributed by atoms with Gasteiger partial charge in [0.05, 0.1) is 5.75 Å². The molecule has 1 aliphatic rings. The molecule has 2 heterocycles. The summed E-state index contributed by atoms with van der Waals surface area (Å²) < 4.78 is 5.79. The quantitative estimate of drug-likeness (QED) is 0.534. The van der Waals surface area contributed by atoms with Gasteiger partial charge in [0.25, 0.3) is 0 Å². The number of para-hydroxylation sites is 1. The molecule has 0 radical (unpaired) electrons. The minimum absolute atomic E-state index is 0.158. The van der Waals surface area contributed by atoms with Gasteiger partial charge in [-0.2, -0.15) is 0 Å². The molecular formula is C24H28N4O2S. The first-order valence-corrected chi connectivity index (χ1v) is 11.7. The molecule has 6 nitrogen and oxygen atoms in total. The second-order valence-electron chi connectivity index (χ2n) is 7.92. The van der Waals surface area contributed by atoms with Gasteiger partial charge in [0.2, 0.25) is 11.1 Å². The lowest BCUT2D eigenvalue weighted by atomic mass is 9.90.